The van der Waals surface area contributed by atoms with E-state index in [1.165, 1.54) is 41.5 Å². The second-order valence-electron chi connectivity index (χ2n) is 16.3. The highest BCUT2D eigenvalue weighted by Crippen LogP contribution is 2.11. The first-order valence-corrected chi connectivity index (χ1v) is 22.6. The van der Waals surface area contributed by atoms with E-state index in [1.807, 2.05) is 0 Å². The van der Waals surface area contributed by atoms with E-state index < -0.39 is 8.07 Å². The van der Waals surface area contributed by atoms with Gasteiger partial charge in [-0.2, -0.15) is 0 Å². The molecule has 0 spiro atoms. The summed E-state index contributed by atoms with van der Waals surface area (Å²) >= 11 is 0. The van der Waals surface area contributed by atoms with Gasteiger partial charge in [-0.1, -0.05) is 97.1 Å². The van der Waals surface area contributed by atoms with E-state index in [1.54, 1.807) is 0 Å². The minimum atomic E-state index is -2.78. The molecular weight excluding hydrogens is 685 g/mol. The highest BCUT2D eigenvalue weighted by Gasteiger charge is 2.41. The van der Waals surface area contributed by atoms with Gasteiger partial charge in [0.2, 0.25) is 0 Å². The molecule has 4 nitrogen and oxygen atoms in total. The summed E-state index contributed by atoms with van der Waals surface area (Å²) in [4.78, 5) is 0. The molecule has 0 atom stereocenters. The van der Waals surface area contributed by atoms with Crippen LogP contribution in [0.5, 0.6) is 0 Å². The molecule has 0 N–H and O–H groups in total. The van der Waals surface area contributed by atoms with Gasteiger partial charge in [0.1, 0.15) is 0 Å². The maximum atomic E-state index is 6.18. The van der Waals surface area contributed by atoms with Crippen LogP contribution in [0.1, 0.15) is 83.1 Å². The molecule has 0 saturated carbocycles. The Labute approximate surface area is 307 Å². The van der Waals surface area contributed by atoms with Crippen molar-refractivity contribution in [3.05, 3.63) is 97.1 Å². The van der Waals surface area contributed by atoms with Crippen LogP contribution in [0.4, 0.5) is 0 Å². The van der Waals surface area contributed by atoms with Gasteiger partial charge in [0.15, 0.2) is 8.07 Å². The monoisotopic (exact) mass is 736 g/mol. The molecule has 0 saturated heterocycles. The van der Waals surface area contributed by atoms with Gasteiger partial charge in [-0.25, -0.2) is 0 Å². The summed E-state index contributed by atoms with van der Waals surface area (Å²) in [7, 11) is -1.62. The maximum Gasteiger partial charge on any atom is 0.269 e. The number of hydrogen-bond donors (Lipinski definition) is 0. The number of benzene rings is 4. The average Bonchev–Trinajstić information content (AvgIpc) is 3.02. The van der Waals surface area contributed by atoms with Crippen LogP contribution in [0.2, 0.25) is 0 Å². The predicted octanol–water partition coefficient (Wildman–Crippen LogP) is 3.30. The second-order valence-corrected chi connectivity index (χ2v) is 24.1. The Hall–Kier alpha value is -2.20. The van der Waals surface area contributed by atoms with Gasteiger partial charge in [-0.15, -0.1) is 0 Å². The zero-order chi connectivity index (χ0) is 36.1. The molecule has 0 bridgehead atoms. The smallest absolute Gasteiger partial charge is 0.269 e. The van der Waals surface area contributed by atoms with Gasteiger partial charge in [0, 0.05) is 22.4 Å². The van der Waals surface area contributed by atoms with Crippen molar-refractivity contribution in [3.8, 4) is 0 Å². The first kappa shape index (κ1) is 39.6. The fourth-order valence-electron chi connectivity index (χ4n) is 5.00. The van der Waals surface area contributed by atoms with Crippen molar-refractivity contribution in [3.63, 3.8) is 0 Å². The molecule has 8 radical (unpaired) electrons. The Balaban J connectivity index is 1.89. The molecule has 9 heteroatoms. The number of hydrogen-bond acceptors (Lipinski definition) is 4. The van der Waals surface area contributed by atoms with E-state index in [4.69, 9.17) is 17.7 Å². The molecule has 0 fully saturated rings. The van der Waals surface area contributed by atoms with Crippen LogP contribution in [0.3, 0.4) is 0 Å². The number of rotatable bonds is 12. The topological polar surface area (TPSA) is 36.9 Å². The first-order chi connectivity index (χ1) is 22.7. The highest BCUT2D eigenvalue weighted by molar-refractivity contribution is 7.20. The van der Waals surface area contributed by atoms with Gasteiger partial charge in [0.05, 0.1) is 0 Å². The molecule has 0 heterocycles. The van der Waals surface area contributed by atoms with Crippen molar-refractivity contribution in [2.75, 3.05) is 0 Å². The third-order valence-electron chi connectivity index (χ3n) is 7.17. The Bertz CT molecular complexity index is 1360. The lowest BCUT2D eigenvalue weighted by atomic mass is 10.2. The van der Waals surface area contributed by atoms with Crippen molar-refractivity contribution in [2.45, 2.75) is 105 Å². The predicted molar refractivity (Wildman–Crippen MR) is 215 cm³/mol. The molecule has 4 rings (SSSR count). The van der Waals surface area contributed by atoms with Crippen LogP contribution in [0.15, 0.2) is 97.1 Å². The Morgan fingerprint density at radius 2 is 0.469 bits per heavy atom. The molecule has 0 unspecified atom stereocenters. The Morgan fingerprint density at radius 1 is 0.306 bits per heavy atom. The van der Waals surface area contributed by atoms with Gasteiger partial charge < -0.3 is 17.7 Å². The van der Waals surface area contributed by atoms with Gasteiger partial charge >= 0.3 is 0 Å². The van der Waals surface area contributed by atoms with E-state index in [0.717, 1.165) is 0 Å². The van der Waals surface area contributed by atoms with Gasteiger partial charge in [0.25, 0.3) is 39.1 Å². The Morgan fingerprint density at radius 3 is 0.612 bits per heavy atom. The minimum Gasteiger partial charge on any atom is -0.407 e. The zero-order valence-electron chi connectivity index (χ0n) is 31.4. The normalized spacial score (nSPS) is 13.1. The van der Waals surface area contributed by atoms with E-state index in [0.29, 0.717) is 39.1 Å². The Kier molecular flexibility index (Phi) is 12.9. The lowest BCUT2D eigenvalue weighted by Crippen LogP contribution is -2.75. The third kappa shape index (κ3) is 11.9. The molecular formula is C40H52O4Si5. The van der Waals surface area contributed by atoms with E-state index in [-0.39, 0.29) is 22.4 Å². The summed E-state index contributed by atoms with van der Waals surface area (Å²) in [5.41, 5.74) is -0.750. The van der Waals surface area contributed by atoms with Crippen LogP contribution in [0.25, 0.3) is 0 Å². The molecule has 0 amide bonds. The van der Waals surface area contributed by atoms with Gasteiger partial charge in [-0.05, 0) is 125 Å². The van der Waals surface area contributed by atoms with E-state index in [2.05, 4.69) is 180 Å². The minimum absolute atomic E-state index is 0.188. The lowest BCUT2D eigenvalue weighted by molar-refractivity contribution is 0.141. The summed E-state index contributed by atoms with van der Waals surface area (Å²) in [5, 5.41) is 10.1. The van der Waals surface area contributed by atoms with Crippen LogP contribution >= 0.6 is 0 Å². The zero-order valence-corrected chi connectivity index (χ0v) is 36.4. The van der Waals surface area contributed by atoms with Crippen LogP contribution in [-0.2, 0) is 17.7 Å². The van der Waals surface area contributed by atoms with Crippen molar-refractivity contribution in [1.29, 1.82) is 0 Å². The molecule has 256 valence electrons. The summed E-state index contributed by atoms with van der Waals surface area (Å²) in [6.45, 7) is 25.3. The van der Waals surface area contributed by atoms with Crippen molar-refractivity contribution >= 4 is 88.6 Å². The van der Waals surface area contributed by atoms with Crippen molar-refractivity contribution in [1.82, 2.24) is 0 Å². The standard InChI is InChI=1S/C40H52O4Si5/c1-37(2,3)41-45-29-13-21-33(22-14-29)49(34-23-15-30(16-24-34)46-42-38(4,5)6,35-25-17-31(18-26-35)47-43-39(7,8)9)36-27-19-32(20-28-36)48-44-40(10,11)12/h13-28H,1-12H3. The van der Waals surface area contributed by atoms with Crippen molar-refractivity contribution in [2.24, 2.45) is 0 Å². The summed E-state index contributed by atoms with van der Waals surface area (Å²) in [6.07, 6.45) is 0. The fourth-order valence-corrected chi connectivity index (χ4v) is 12.6. The summed E-state index contributed by atoms with van der Waals surface area (Å²) in [5.74, 6) is 0. The molecule has 0 aliphatic rings. The summed E-state index contributed by atoms with van der Waals surface area (Å²) in [6, 6.07) is 36.8. The summed E-state index contributed by atoms with van der Waals surface area (Å²) < 4.78 is 24.7. The largest absolute Gasteiger partial charge is 0.407 e. The molecule has 0 aliphatic heterocycles. The van der Waals surface area contributed by atoms with Crippen LogP contribution < -0.4 is 41.5 Å². The molecule has 49 heavy (non-hydrogen) atoms. The maximum absolute atomic E-state index is 6.18. The van der Waals surface area contributed by atoms with Crippen molar-refractivity contribution < 1.29 is 17.7 Å². The first-order valence-electron chi connectivity index (χ1n) is 16.9. The quantitative estimate of drug-likeness (QED) is 0.166. The fraction of sp³-hybridized carbons (Fsp3) is 0.400. The molecule has 4 aromatic carbocycles. The SMILES string of the molecule is CC(C)(C)O[Si]c1ccc([Si](c2ccc([Si]OC(C)(C)C)cc2)(c2ccc([Si]OC(C)(C)C)cc2)c2ccc([Si]OC(C)(C)C)cc2)cc1. The third-order valence-corrected chi connectivity index (χ3v) is 17.1. The van der Waals surface area contributed by atoms with Crippen LogP contribution in [-0.4, -0.2) is 69.5 Å². The second kappa shape index (κ2) is 16.0. The lowest BCUT2D eigenvalue weighted by Gasteiger charge is -2.35. The highest BCUT2D eigenvalue weighted by atomic mass is 28.3. The van der Waals surface area contributed by atoms with Crippen LogP contribution in [0, 0.1) is 0 Å². The van der Waals surface area contributed by atoms with E-state index >= 15 is 0 Å². The molecule has 4 aromatic rings. The molecule has 0 aliphatic carbocycles. The molecule has 0 aromatic heterocycles. The van der Waals surface area contributed by atoms with Gasteiger partial charge in [-0.3, -0.25) is 0 Å². The average molecular weight is 737 g/mol. The van der Waals surface area contributed by atoms with E-state index in [9.17, 15) is 0 Å².